The van der Waals surface area contributed by atoms with Crippen molar-refractivity contribution in [2.45, 2.75) is 57.9 Å². The Morgan fingerprint density at radius 1 is 1.19 bits per heavy atom. The molecule has 0 fully saturated rings. The summed E-state index contributed by atoms with van der Waals surface area (Å²) in [5.41, 5.74) is 5.41. The summed E-state index contributed by atoms with van der Waals surface area (Å²) in [5, 5.41) is 8.58. The van der Waals surface area contributed by atoms with Gasteiger partial charge in [0.15, 0.2) is 0 Å². The summed E-state index contributed by atoms with van der Waals surface area (Å²) in [6.07, 6.45) is 7.70. The summed E-state index contributed by atoms with van der Waals surface area (Å²) in [6, 6.07) is -0.668. The fourth-order valence-corrected chi connectivity index (χ4v) is 2.50. The highest BCUT2D eigenvalue weighted by Crippen LogP contribution is 2.11. The van der Waals surface area contributed by atoms with Crippen LogP contribution in [0.1, 0.15) is 51.9 Å². The van der Waals surface area contributed by atoms with Crippen molar-refractivity contribution in [2.75, 3.05) is 11.5 Å². The van der Waals surface area contributed by atoms with Crippen LogP contribution in [0.2, 0.25) is 0 Å². The number of carboxylic acid groups (broad SMARTS) is 1. The Balaban J connectivity index is 3.07. The zero-order valence-corrected chi connectivity index (χ0v) is 11.1. The third-order valence-corrected chi connectivity index (χ3v) is 3.67. The smallest absolute Gasteiger partial charge is 0.320 e. The van der Waals surface area contributed by atoms with Crippen molar-refractivity contribution in [1.82, 2.24) is 0 Å². The molecule has 0 aliphatic carbocycles. The molecule has 0 heterocycles. The van der Waals surface area contributed by atoms with Gasteiger partial charge in [-0.2, -0.15) is 11.8 Å². The maximum absolute atomic E-state index is 10.4. The number of carboxylic acids is 1. The summed E-state index contributed by atoms with van der Waals surface area (Å²) in [7, 11) is 0. The summed E-state index contributed by atoms with van der Waals surface area (Å²) < 4.78 is 0. The van der Waals surface area contributed by atoms with Crippen molar-refractivity contribution >= 4 is 17.7 Å². The second kappa shape index (κ2) is 11.3. The van der Waals surface area contributed by atoms with Gasteiger partial charge in [0.2, 0.25) is 0 Å². The molecular weight excluding hydrogens is 222 g/mol. The van der Waals surface area contributed by atoms with Gasteiger partial charge in [0, 0.05) is 0 Å². The molecular formula is C12H25NO2S. The summed E-state index contributed by atoms with van der Waals surface area (Å²) >= 11 is 2.03. The van der Waals surface area contributed by atoms with E-state index in [1.54, 1.807) is 0 Å². The Labute approximate surface area is 103 Å². The van der Waals surface area contributed by atoms with E-state index < -0.39 is 12.0 Å². The molecule has 0 bridgehead atoms. The lowest BCUT2D eigenvalue weighted by molar-refractivity contribution is -0.138. The van der Waals surface area contributed by atoms with Crippen molar-refractivity contribution in [3.63, 3.8) is 0 Å². The minimum Gasteiger partial charge on any atom is -0.480 e. The molecule has 0 amide bonds. The molecule has 3 nitrogen and oxygen atoms in total. The molecule has 0 aliphatic heterocycles. The lowest BCUT2D eigenvalue weighted by atomic mass is 10.1. The van der Waals surface area contributed by atoms with Crippen LogP contribution in [0.3, 0.4) is 0 Å². The van der Waals surface area contributed by atoms with E-state index in [-0.39, 0.29) is 0 Å². The highest BCUT2D eigenvalue weighted by atomic mass is 32.2. The predicted octanol–water partition coefficient (Wildman–Crippen LogP) is 2.88. The first kappa shape index (κ1) is 15.8. The molecule has 1 atom stereocenters. The van der Waals surface area contributed by atoms with E-state index in [1.165, 1.54) is 37.2 Å². The molecule has 0 radical (unpaired) electrons. The molecule has 3 N–H and O–H groups in total. The van der Waals surface area contributed by atoms with Crippen molar-refractivity contribution in [3.8, 4) is 0 Å². The van der Waals surface area contributed by atoms with E-state index in [4.69, 9.17) is 10.8 Å². The minimum atomic E-state index is -0.880. The highest BCUT2D eigenvalue weighted by Gasteiger charge is 2.09. The zero-order valence-electron chi connectivity index (χ0n) is 10.3. The van der Waals surface area contributed by atoms with Crippen LogP contribution in [0.15, 0.2) is 0 Å². The maximum Gasteiger partial charge on any atom is 0.320 e. The summed E-state index contributed by atoms with van der Waals surface area (Å²) in [5.74, 6) is 1.64. The topological polar surface area (TPSA) is 63.3 Å². The Morgan fingerprint density at radius 2 is 1.81 bits per heavy atom. The standard InChI is InChI=1S/C12H25NO2S/c1-2-3-9-16-10-7-5-4-6-8-11(13)12(14)15/h11H,2-10,13H2,1H3,(H,14,15). The predicted molar refractivity (Wildman–Crippen MR) is 70.9 cm³/mol. The number of thioether (sulfide) groups is 1. The largest absolute Gasteiger partial charge is 0.480 e. The lowest BCUT2D eigenvalue weighted by Gasteiger charge is -2.05. The quantitative estimate of drug-likeness (QED) is 0.551. The van der Waals surface area contributed by atoms with Crippen molar-refractivity contribution < 1.29 is 9.90 Å². The van der Waals surface area contributed by atoms with Crippen LogP contribution in [0.5, 0.6) is 0 Å². The van der Waals surface area contributed by atoms with Gasteiger partial charge in [-0.25, -0.2) is 0 Å². The molecule has 96 valence electrons. The molecule has 0 saturated heterocycles. The molecule has 0 aliphatic rings. The average molecular weight is 247 g/mol. The van der Waals surface area contributed by atoms with Gasteiger partial charge in [-0.1, -0.05) is 32.6 Å². The van der Waals surface area contributed by atoms with E-state index in [0.717, 1.165) is 12.8 Å². The van der Waals surface area contributed by atoms with Gasteiger partial charge in [-0.3, -0.25) is 4.79 Å². The number of carbonyl (C=O) groups is 1. The fraction of sp³-hybridized carbons (Fsp3) is 0.917. The number of nitrogens with two attached hydrogens (primary N) is 1. The average Bonchev–Trinajstić information content (AvgIpc) is 2.26. The van der Waals surface area contributed by atoms with Gasteiger partial charge < -0.3 is 10.8 Å². The van der Waals surface area contributed by atoms with Gasteiger partial charge in [0.05, 0.1) is 0 Å². The van der Waals surface area contributed by atoms with Crippen LogP contribution in [-0.4, -0.2) is 28.6 Å². The van der Waals surface area contributed by atoms with Crippen molar-refractivity contribution in [1.29, 1.82) is 0 Å². The molecule has 0 aromatic carbocycles. The lowest BCUT2D eigenvalue weighted by Crippen LogP contribution is -2.29. The van der Waals surface area contributed by atoms with Gasteiger partial charge in [0.1, 0.15) is 6.04 Å². The van der Waals surface area contributed by atoms with Crippen molar-refractivity contribution in [2.24, 2.45) is 5.73 Å². The van der Waals surface area contributed by atoms with Crippen LogP contribution < -0.4 is 5.73 Å². The third-order valence-electron chi connectivity index (χ3n) is 2.51. The van der Waals surface area contributed by atoms with E-state index in [2.05, 4.69) is 6.92 Å². The van der Waals surface area contributed by atoms with Crippen LogP contribution >= 0.6 is 11.8 Å². The van der Waals surface area contributed by atoms with Gasteiger partial charge in [-0.15, -0.1) is 0 Å². The Morgan fingerprint density at radius 3 is 2.44 bits per heavy atom. The van der Waals surface area contributed by atoms with Crippen molar-refractivity contribution in [3.05, 3.63) is 0 Å². The van der Waals surface area contributed by atoms with E-state index in [0.29, 0.717) is 6.42 Å². The number of rotatable bonds is 11. The molecule has 0 aromatic heterocycles. The third kappa shape index (κ3) is 10.3. The number of hydrogen-bond acceptors (Lipinski definition) is 3. The molecule has 1 unspecified atom stereocenters. The van der Waals surface area contributed by atoms with E-state index in [1.807, 2.05) is 11.8 Å². The van der Waals surface area contributed by atoms with Gasteiger partial charge >= 0.3 is 5.97 Å². The van der Waals surface area contributed by atoms with Gasteiger partial charge in [0.25, 0.3) is 0 Å². The molecule has 16 heavy (non-hydrogen) atoms. The van der Waals surface area contributed by atoms with Crippen LogP contribution in [0, 0.1) is 0 Å². The minimum absolute atomic E-state index is 0.609. The summed E-state index contributed by atoms with van der Waals surface area (Å²) in [4.78, 5) is 10.4. The summed E-state index contributed by atoms with van der Waals surface area (Å²) in [6.45, 7) is 2.21. The van der Waals surface area contributed by atoms with Crippen LogP contribution in [-0.2, 0) is 4.79 Å². The first-order valence-corrected chi connectivity index (χ1v) is 7.40. The number of unbranched alkanes of at least 4 members (excludes halogenated alkanes) is 4. The number of aliphatic carboxylic acids is 1. The first-order valence-electron chi connectivity index (χ1n) is 6.24. The molecule has 4 heteroatoms. The maximum atomic E-state index is 10.4. The van der Waals surface area contributed by atoms with Crippen LogP contribution in [0.25, 0.3) is 0 Å². The molecule has 0 aromatic rings. The first-order chi connectivity index (χ1) is 7.68. The number of hydrogen-bond donors (Lipinski definition) is 2. The van der Waals surface area contributed by atoms with E-state index in [9.17, 15) is 4.79 Å². The van der Waals surface area contributed by atoms with Crippen LogP contribution in [0.4, 0.5) is 0 Å². The van der Waals surface area contributed by atoms with E-state index >= 15 is 0 Å². The zero-order chi connectivity index (χ0) is 12.2. The SMILES string of the molecule is CCCCSCCCCCCC(N)C(=O)O. The van der Waals surface area contributed by atoms with Gasteiger partial charge in [-0.05, 0) is 30.8 Å². The Hall–Kier alpha value is -0.220. The molecule has 0 spiro atoms. The normalized spacial score (nSPS) is 12.6. The fourth-order valence-electron chi connectivity index (χ4n) is 1.39. The molecule has 0 saturated carbocycles. The highest BCUT2D eigenvalue weighted by molar-refractivity contribution is 7.99. The second-order valence-electron chi connectivity index (χ2n) is 4.11. The Bertz CT molecular complexity index is 176. The molecule has 0 rings (SSSR count). The monoisotopic (exact) mass is 247 g/mol. The Kier molecular flexibility index (Phi) is 11.1. The second-order valence-corrected chi connectivity index (χ2v) is 5.34.